The van der Waals surface area contributed by atoms with Crippen LogP contribution < -0.4 is 10.2 Å². The topological polar surface area (TPSA) is 74.2 Å². The molecule has 0 bridgehead atoms. The van der Waals surface area contributed by atoms with Gasteiger partial charge in [-0.05, 0) is 30.7 Å². The molecule has 2 aromatic heterocycles. The summed E-state index contributed by atoms with van der Waals surface area (Å²) >= 11 is 0. The molecule has 1 aliphatic rings. The van der Waals surface area contributed by atoms with E-state index in [9.17, 15) is 4.79 Å². The molecule has 1 fully saturated rings. The summed E-state index contributed by atoms with van der Waals surface area (Å²) in [4.78, 5) is 20.2. The lowest BCUT2D eigenvalue weighted by Crippen LogP contribution is -2.49. The van der Waals surface area contributed by atoms with Gasteiger partial charge in [-0.3, -0.25) is 4.79 Å². The zero-order valence-corrected chi connectivity index (χ0v) is 13.9. The van der Waals surface area contributed by atoms with Crippen LogP contribution >= 0.6 is 0 Å². The monoisotopic (exact) mass is 326 g/mol. The number of pyridine rings is 1. The van der Waals surface area contributed by atoms with Gasteiger partial charge in [-0.25, -0.2) is 4.98 Å². The van der Waals surface area contributed by atoms with E-state index >= 15 is 0 Å². The van der Waals surface area contributed by atoms with E-state index in [-0.39, 0.29) is 5.91 Å². The first-order valence-corrected chi connectivity index (χ1v) is 8.31. The number of anilines is 3. The molecule has 0 spiro atoms. The Hall–Kier alpha value is -2.70. The van der Waals surface area contributed by atoms with Gasteiger partial charge in [0, 0.05) is 38.8 Å². The van der Waals surface area contributed by atoms with E-state index < -0.39 is 0 Å². The van der Waals surface area contributed by atoms with Gasteiger partial charge in [0.25, 0.3) is 0 Å². The standard InChI is InChI=1S/C17H22N6O/c1-2-5-17(24)23-12-10-22(11-13-23)16-8-7-15(20-21-16)19-14-6-3-4-9-18-14/h3-4,6-9H,2,5,10-13H2,1H3,(H,18,19,20). The first-order valence-electron chi connectivity index (χ1n) is 8.31. The van der Waals surface area contributed by atoms with E-state index in [4.69, 9.17) is 0 Å². The predicted octanol–water partition coefficient (Wildman–Crippen LogP) is 2.06. The Morgan fingerprint density at radius 2 is 1.92 bits per heavy atom. The number of rotatable bonds is 5. The van der Waals surface area contributed by atoms with Crippen LogP contribution in [0.5, 0.6) is 0 Å². The van der Waals surface area contributed by atoms with E-state index in [1.165, 1.54) is 0 Å². The maximum atomic E-state index is 11.9. The molecule has 1 N–H and O–H groups in total. The van der Waals surface area contributed by atoms with Gasteiger partial charge >= 0.3 is 0 Å². The highest BCUT2D eigenvalue weighted by Crippen LogP contribution is 2.16. The maximum absolute atomic E-state index is 11.9. The number of nitrogens with zero attached hydrogens (tertiary/aromatic N) is 5. The highest BCUT2D eigenvalue weighted by Gasteiger charge is 2.21. The summed E-state index contributed by atoms with van der Waals surface area (Å²) in [6, 6.07) is 9.50. The van der Waals surface area contributed by atoms with Crippen LogP contribution in [0.2, 0.25) is 0 Å². The number of aromatic nitrogens is 3. The molecular weight excluding hydrogens is 304 g/mol. The predicted molar refractivity (Wildman–Crippen MR) is 93.3 cm³/mol. The molecule has 126 valence electrons. The summed E-state index contributed by atoms with van der Waals surface area (Å²) in [7, 11) is 0. The van der Waals surface area contributed by atoms with Crippen LogP contribution in [0.3, 0.4) is 0 Å². The smallest absolute Gasteiger partial charge is 0.222 e. The molecule has 0 unspecified atom stereocenters. The Morgan fingerprint density at radius 1 is 1.08 bits per heavy atom. The molecule has 0 saturated carbocycles. The molecule has 1 saturated heterocycles. The molecule has 0 atom stereocenters. The van der Waals surface area contributed by atoms with Crippen molar-refractivity contribution in [1.82, 2.24) is 20.1 Å². The van der Waals surface area contributed by atoms with Crippen molar-refractivity contribution in [2.24, 2.45) is 0 Å². The van der Waals surface area contributed by atoms with Crippen LogP contribution in [0.15, 0.2) is 36.5 Å². The highest BCUT2D eigenvalue weighted by atomic mass is 16.2. The Labute approximate surface area is 141 Å². The molecule has 1 amide bonds. The Balaban J connectivity index is 1.56. The molecule has 2 aromatic rings. The van der Waals surface area contributed by atoms with Gasteiger partial charge < -0.3 is 15.1 Å². The molecule has 0 aromatic carbocycles. The zero-order chi connectivity index (χ0) is 16.8. The Kier molecular flexibility index (Phi) is 5.20. The van der Waals surface area contributed by atoms with Gasteiger partial charge in [0.2, 0.25) is 5.91 Å². The van der Waals surface area contributed by atoms with Crippen LogP contribution in [0.4, 0.5) is 17.5 Å². The fraction of sp³-hybridized carbons (Fsp3) is 0.412. The number of hydrogen-bond acceptors (Lipinski definition) is 6. The average Bonchev–Trinajstić information content (AvgIpc) is 2.64. The van der Waals surface area contributed by atoms with Crippen molar-refractivity contribution in [3.05, 3.63) is 36.5 Å². The van der Waals surface area contributed by atoms with E-state index in [0.29, 0.717) is 12.2 Å². The molecule has 24 heavy (non-hydrogen) atoms. The maximum Gasteiger partial charge on any atom is 0.222 e. The van der Waals surface area contributed by atoms with Crippen molar-refractivity contribution in [3.8, 4) is 0 Å². The zero-order valence-electron chi connectivity index (χ0n) is 13.9. The number of hydrogen-bond donors (Lipinski definition) is 1. The second kappa shape index (κ2) is 7.72. The molecule has 3 heterocycles. The third kappa shape index (κ3) is 3.98. The fourth-order valence-electron chi connectivity index (χ4n) is 2.69. The third-order valence-electron chi connectivity index (χ3n) is 3.99. The normalized spacial score (nSPS) is 14.5. The highest BCUT2D eigenvalue weighted by molar-refractivity contribution is 5.76. The van der Waals surface area contributed by atoms with E-state index in [2.05, 4.69) is 25.4 Å². The molecule has 0 aliphatic carbocycles. The number of piperazine rings is 1. The SMILES string of the molecule is CCCC(=O)N1CCN(c2ccc(Nc3ccccn3)nn2)CC1. The van der Waals surface area contributed by atoms with Crippen LogP contribution in [0.25, 0.3) is 0 Å². The molecule has 7 nitrogen and oxygen atoms in total. The average molecular weight is 326 g/mol. The quantitative estimate of drug-likeness (QED) is 0.906. The van der Waals surface area contributed by atoms with Crippen molar-refractivity contribution in [2.45, 2.75) is 19.8 Å². The van der Waals surface area contributed by atoms with Gasteiger partial charge in [0.05, 0.1) is 0 Å². The summed E-state index contributed by atoms with van der Waals surface area (Å²) in [6.07, 6.45) is 3.26. The van der Waals surface area contributed by atoms with Crippen LogP contribution in [-0.4, -0.2) is 52.2 Å². The van der Waals surface area contributed by atoms with Gasteiger partial charge in [-0.15, -0.1) is 10.2 Å². The van der Waals surface area contributed by atoms with Crippen molar-refractivity contribution in [2.75, 3.05) is 36.4 Å². The van der Waals surface area contributed by atoms with Gasteiger partial charge in [-0.2, -0.15) is 0 Å². The van der Waals surface area contributed by atoms with E-state index in [1.807, 2.05) is 42.2 Å². The summed E-state index contributed by atoms with van der Waals surface area (Å²) in [5, 5.41) is 11.6. The lowest BCUT2D eigenvalue weighted by atomic mass is 10.2. The van der Waals surface area contributed by atoms with Crippen molar-refractivity contribution < 1.29 is 4.79 Å². The summed E-state index contributed by atoms with van der Waals surface area (Å²) in [6.45, 7) is 5.10. The molecule has 7 heteroatoms. The fourth-order valence-corrected chi connectivity index (χ4v) is 2.69. The minimum absolute atomic E-state index is 0.248. The molecule has 1 aliphatic heterocycles. The number of amides is 1. The molecule has 0 radical (unpaired) electrons. The van der Waals surface area contributed by atoms with Crippen LogP contribution in [0, 0.1) is 0 Å². The molecule has 3 rings (SSSR count). The lowest BCUT2D eigenvalue weighted by Gasteiger charge is -2.35. The van der Waals surface area contributed by atoms with Crippen LogP contribution in [-0.2, 0) is 4.79 Å². The number of carbonyl (C=O) groups is 1. The van der Waals surface area contributed by atoms with E-state index in [1.54, 1.807) is 6.20 Å². The molecular formula is C17H22N6O. The summed E-state index contributed by atoms with van der Waals surface area (Å²) in [5.74, 6) is 2.49. The lowest BCUT2D eigenvalue weighted by molar-refractivity contribution is -0.131. The minimum atomic E-state index is 0.248. The first-order chi connectivity index (χ1) is 11.8. The summed E-state index contributed by atoms with van der Waals surface area (Å²) < 4.78 is 0. The Morgan fingerprint density at radius 3 is 2.54 bits per heavy atom. The van der Waals surface area contributed by atoms with Crippen molar-refractivity contribution in [1.29, 1.82) is 0 Å². The summed E-state index contributed by atoms with van der Waals surface area (Å²) in [5.41, 5.74) is 0. The van der Waals surface area contributed by atoms with Crippen molar-refractivity contribution in [3.63, 3.8) is 0 Å². The second-order valence-corrected chi connectivity index (χ2v) is 5.73. The third-order valence-corrected chi connectivity index (χ3v) is 3.99. The number of nitrogens with one attached hydrogen (secondary N) is 1. The van der Waals surface area contributed by atoms with Gasteiger partial charge in [0.1, 0.15) is 5.82 Å². The van der Waals surface area contributed by atoms with E-state index in [0.717, 1.165) is 44.2 Å². The van der Waals surface area contributed by atoms with Crippen molar-refractivity contribution >= 4 is 23.4 Å². The number of carbonyl (C=O) groups excluding carboxylic acids is 1. The largest absolute Gasteiger partial charge is 0.352 e. The van der Waals surface area contributed by atoms with Gasteiger partial charge in [0.15, 0.2) is 11.6 Å². The van der Waals surface area contributed by atoms with Crippen LogP contribution in [0.1, 0.15) is 19.8 Å². The first kappa shape index (κ1) is 16.2. The van der Waals surface area contributed by atoms with Gasteiger partial charge in [-0.1, -0.05) is 13.0 Å². The Bertz CT molecular complexity index is 653. The minimum Gasteiger partial charge on any atom is -0.352 e. The second-order valence-electron chi connectivity index (χ2n) is 5.73.